The van der Waals surface area contributed by atoms with E-state index in [9.17, 15) is 9.18 Å². The topological polar surface area (TPSA) is 126 Å². The maximum atomic E-state index is 14.5. The van der Waals surface area contributed by atoms with Crippen LogP contribution in [0.3, 0.4) is 0 Å². The van der Waals surface area contributed by atoms with Crippen molar-refractivity contribution in [1.29, 1.82) is 10.8 Å². The number of hydrogen-bond donors (Lipinski definition) is 6. The summed E-state index contributed by atoms with van der Waals surface area (Å²) in [6.45, 7) is 3.60. The number of aromatic nitrogens is 1. The standard InChI is InChI=1S/C26H27ClFN7O/c1-15-6-4-9-24(33-15)35-21(17-10-11-32-22(12-17)19(14-29)26(36)31-3)13-23(30)34-16(2)18-7-5-8-20(27)25(18)28/h4-14,16,29,32H,1-3H3,(H2,30,34)(H,31,36)(H,33,35)/b21-13-,22-19+,29-14?. The van der Waals surface area contributed by atoms with Gasteiger partial charge in [-0.2, -0.15) is 0 Å². The number of amidine groups is 1. The number of nitrogens with zero attached hydrogens (tertiary/aromatic N) is 1. The van der Waals surface area contributed by atoms with E-state index in [0.717, 1.165) is 11.9 Å². The lowest BCUT2D eigenvalue weighted by molar-refractivity contribution is -0.116. The van der Waals surface area contributed by atoms with Crippen LogP contribution in [0.1, 0.15) is 24.2 Å². The predicted octanol–water partition coefficient (Wildman–Crippen LogP) is 4.50. The number of allylic oxidation sites excluding steroid dienone is 2. The summed E-state index contributed by atoms with van der Waals surface area (Å²) in [5.74, 6) is -0.386. The molecule has 8 nitrogen and oxygen atoms in total. The molecule has 0 saturated carbocycles. The second-order valence-corrected chi connectivity index (χ2v) is 8.31. The molecule has 1 aliphatic rings. The van der Waals surface area contributed by atoms with E-state index < -0.39 is 17.8 Å². The van der Waals surface area contributed by atoms with Gasteiger partial charge in [0.1, 0.15) is 17.5 Å². The van der Waals surface area contributed by atoms with Gasteiger partial charge in [0.15, 0.2) is 0 Å². The SMILES string of the molecule is CNC(=O)/C(C=N)=C1C=C(/C(=C/C(=N)NC(C)c2cccc(Cl)c2F)Nc2cccc(C)n2)C=CN\1. The van der Waals surface area contributed by atoms with Gasteiger partial charge in [0, 0.05) is 42.4 Å². The largest absolute Gasteiger partial charge is 0.364 e. The lowest BCUT2D eigenvalue weighted by Gasteiger charge is -2.20. The molecule has 1 amide bonds. The zero-order valence-corrected chi connectivity index (χ0v) is 20.8. The van der Waals surface area contributed by atoms with Gasteiger partial charge >= 0.3 is 0 Å². The molecule has 2 heterocycles. The van der Waals surface area contributed by atoms with Crippen molar-refractivity contribution in [3.05, 3.63) is 105 Å². The van der Waals surface area contributed by atoms with Crippen molar-refractivity contribution < 1.29 is 9.18 Å². The molecule has 1 aromatic carbocycles. The van der Waals surface area contributed by atoms with Crippen LogP contribution in [-0.2, 0) is 4.79 Å². The smallest absolute Gasteiger partial charge is 0.254 e. The van der Waals surface area contributed by atoms with E-state index in [1.807, 2.05) is 19.1 Å². The van der Waals surface area contributed by atoms with Gasteiger partial charge in [-0.25, -0.2) is 9.37 Å². The first-order valence-electron chi connectivity index (χ1n) is 11.1. The van der Waals surface area contributed by atoms with E-state index in [2.05, 4.69) is 26.3 Å². The molecule has 1 aromatic heterocycles. The van der Waals surface area contributed by atoms with E-state index in [4.69, 9.17) is 22.4 Å². The third-order valence-electron chi connectivity index (χ3n) is 5.28. The van der Waals surface area contributed by atoms with Gasteiger partial charge in [-0.15, -0.1) is 0 Å². The van der Waals surface area contributed by atoms with Crippen LogP contribution < -0.4 is 21.3 Å². The van der Waals surface area contributed by atoms with Crippen LogP contribution in [0.5, 0.6) is 0 Å². The van der Waals surface area contributed by atoms with Gasteiger partial charge in [-0.3, -0.25) is 10.2 Å². The summed E-state index contributed by atoms with van der Waals surface area (Å²) in [5.41, 5.74) is 2.83. The molecule has 0 spiro atoms. The number of dihydropyridines is 1. The molecule has 0 fully saturated rings. The number of carbonyl (C=O) groups is 1. The zero-order valence-electron chi connectivity index (χ0n) is 20.0. The quantitative estimate of drug-likeness (QED) is 0.178. The Morgan fingerprint density at radius 2 is 2.00 bits per heavy atom. The van der Waals surface area contributed by atoms with Gasteiger partial charge in [-0.05, 0) is 44.2 Å². The number of hydrogen-bond acceptors (Lipinski definition) is 6. The first-order valence-corrected chi connectivity index (χ1v) is 11.4. The summed E-state index contributed by atoms with van der Waals surface area (Å²) in [6, 6.07) is 9.71. The Kier molecular flexibility index (Phi) is 8.75. The van der Waals surface area contributed by atoms with Crippen molar-refractivity contribution >= 4 is 35.4 Å². The van der Waals surface area contributed by atoms with Gasteiger partial charge in [0.05, 0.1) is 28.0 Å². The Morgan fingerprint density at radius 3 is 2.69 bits per heavy atom. The van der Waals surface area contributed by atoms with Crippen molar-refractivity contribution in [2.45, 2.75) is 19.9 Å². The summed E-state index contributed by atoms with van der Waals surface area (Å²) >= 11 is 5.91. The van der Waals surface area contributed by atoms with E-state index in [-0.39, 0.29) is 16.4 Å². The third-order valence-corrected chi connectivity index (χ3v) is 5.57. The number of nitrogens with one attached hydrogen (secondary N) is 6. The molecule has 6 N–H and O–H groups in total. The molecule has 36 heavy (non-hydrogen) atoms. The minimum Gasteiger partial charge on any atom is -0.364 e. The average Bonchev–Trinajstić information content (AvgIpc) is 2.85. The summed E-state index contributed by atoms with van der Waals surface area (Å²) in [6.07, 6.45) is 7.61. The second-order valence-electron chi connectivity index (χ2n) is 7.90. The van der Waals surface area contributed by atoms with E-state index in [1.165, 1.54) is 13.1 Å². The number of likely N-dealkylation sites (N-methyl/N-ethyl adjacent to an activating group) is 1. The fourth-order valence-corrected chi connectivity index (χ4v) is 3.67. The normalized spacial score (nSPS) is 15.2. The number of benzene rings is 1. The van der Waals surface area contributed by atoms with Crippen LogP contribution in [0, 0.1) is 23.6 Å². The van der Waals surface area contributed by atoms with Crippen LogP contribution in [0.2, 0.25) is 5.02 Å². The molecule has 186 valence electrons. The third kappa shape index (κ3) is 6.45. The highest BCUT2D eigenvalue weighted by molar-refractivity contribution is 6.30. The maximum absolute atomic E-state index is 14.5. The Balaban J connectivity index is 1.99. The van der Waals surface area contributed by atoms with Crippen molar-refractivity contribution in [2.24, 2.45) is 0 Å². The van der Waals surface area contributed by atoms with Crippen LogP contribution in [0.15, 0.2) is 83.4 Å². The van der Waals surface area contributed by atoms with Crippen molar-refractivity contribution in [3.8, 4) is 0 Å². The summed E-state index contributed by atoms with van der Waals surface area (Å²) in [4.78, 5) is 16.7. The highest BCUT2D eigenvalue weighted by atomic mass is 35.5. The minimum absolute atomic E-state index is 0.00831. The van der Waals surface area contributed by atoms with Gasteiger partial charge in [-0.1, -0.05) is 29.8 Å². The van der Waals surface area contributed by atoms with Crippen LogP contribution >= 0.6 is 11.6 Å². The van der Waals surface area contributed by atoms with Crippen molar-refractivity contribution in [3.63, 3.8) is 0 Å². The number of pyridine rings is 1. The molecule has 10 heteroatoms. The molecule has 1 unspecified atom stereocenters. The van der Waals surface area contributed by atoms with Crippen LogP contribution in [0.25, 0.3) is 0 Å². The molecule has 1 atom stereocenters. The van der Waals surface area contributed by atoms with Crippen LogP contribution in [0.4, 0.5) is 10.2 Å². The molecule has 2 aromatic rings. The van der Waals surface area contributed by atoms with Crippen LogP contribution in [-0.4, -0.2) is 30.0 Å². The average molecular weight is 508 g/mol. The lowest BCUT2D eigenvalue weighted by Crippen LogP contribution is -2.27. The number of rotatable bonds is 8. The van der Waals surface area contributed by atoms with Gasteiger partial charge in [0.25, 0.3) is 5.91 Å². The zero-order chi connectivity index (χ0) is 26.2. The Morgan fingerprint density at radius 1 is 1.25 bits per heavy atom. The molecule has 3 rings (SSSR count). The van der Waals surface area contributed by atoms with E-state index >= 15 is 0 Å². The Labute approximate surface area is 214 Å². The monoisotopic (exact) mass is 507 g/mol. The molecule has 0 radical (unpaired) electrons. The number of amides is 1. The predicted molar refractivity (Wildman–Crippen MR) is 142 cm³/mol. The maximum Gasteiger partial charge on any atom is 0.254 e. The molecule has 0 bridgehead atoms. The van der Waals surface area contributed by atoms with Crippen molar-refractivity contribution in [1.82, 2.24) is 20.9 Å². The van der Waals surface area contributed by atoms with Gasteiger partial charge < -0.3 is 26.7 Å². The Bertz CT molecular complexity index is 1310. The molecule has 0 aliphatic carbocycles. The summed E-state index contributed by atoms with van der Waals surface area (Å²) in [7, 11) is 1.49. The first kappa shape index (κ1) is 26.4. The summed E-state index contributed by atoms with van der Waals surface area (Å²) in [5, 5.41) is 27.9. The number of halogens is 2. The second kappa shape index (κ2) is 11.9. The molecular weight excluding hydrogens is 481 g/mol. The number of anilines is 1. The fraction of sp³-hybridized carbons (Fsp3) is 0.154. The number of carbonyl (C=O) groups excluding carboxylic acids is 1. The molecular formula is C26H27ClFN7O. The Hall–Kier alpha value is -4.24. The van der Waals surface area contributed by atoms with E-state index in [1.54, 1.807) is 49.6 Å². The molecule has 0 saturated heterocycles. The van der Waals surface area contributed by atoms with Gasteiger partial charge in [0.2, 0.25) is 0 Å². The fourth-order valence-electron chi connectivity index (χ4n) is 3.48. The first-order chi connectivity index (χ1) is 17.2. The number of aryl methyl sites for hydroxylation is 1. The minimum atomic E-state index is -0.537. The van der Waals surface area contributed by atoms with E-state index in [0.29, 0.717) is 28.3 Å². The highest BCUT2D eigenvalue weighted by Gasteiger charge is 2.17. The lowest BCUT2D eigenvalue weighted by atomic mass is 10.0. The molecule has 1 aliphatic heterocycles. The summed E-state index contributed by atoms with van der Waals surface area (Å²) < 4.78 is 14.5. The highest BCUT2D eigenvalue weighted by Crippen LogP contribution is 2.24. The van der Waals surface area contributed by atoms with Crippen molar-refractivity contribution in [2.75, 3.05) is 12.4 Å².